The van der Waals surface area contributed by atoms with Crippen molar-refractivity contribution in [3.05, 3.63) is 60.3 Å². The topological polar surface area (TPSA) is 43.7 Å². The van der Waals surface area contributed by atoms with Crippen LogP contribution in [0.5, 0.6) is 0 Å². The van der Waals surface area contributed by atoms with Crippen LogP contribution in [-0.2, 0) is 6.54 Å². The number of hydrogen-bond acceptors (Lipinski definition) is 2. The summed E-state index contributed by atoms with van der Waals surface area (Å²) in [5.74, 6) is 0.837. The average molecular weight is 361 g/mol. The van der Waals surface area contributed by atoms with Crippen LogP contribution in [0, 0.1) is 0 Å². The SMILES string of the molecule is CC[NH+](CC)CCn1c2ccccc2n2c(C=O)c(-c3ccccc3)nc12. The quantitative estimate of drug-likeness (QED) is 0.515. The predicted molar refractivity (Wildman–Crippen MR) is 108 cm³/mol. The highest BCUT2D eigenvalue weighted by Gasteiger charge is 2.21. The fourth-order valence-corrected chi connectivity index (χ4v) is 3.84. The largest absolute Gasteiger partial charge is 0.334 e. The normalized spacial score (nSPS) is 11.7. The highest BCUT2D eigenvalue weighted by molar-refractivity contribution is 5.91. The van der Waals surface area contributed by atoms with Gasteiger partial charge in [-0.05, 0) is 26.0 Å². The fourth-order valence-electron chi connectivity index (χ4n) is 3.84. The average Bonchev–Trinajstić information content (AvgIpc) is 3.24. The van der Waals surface area contributed by atoms with Crippen molar-refractivity contribution >= 4 is 23.1 Å². The first-order chi connectivity index (χ1) is 13.3. The molecule has 2 aromatic carbocycles. The van der Waals surface area contributed by atoms with Gasteiger partial charge in [-0.3, -0.25) is 9.20 Å². The Bertz CT molecular complexity index is 1070. The maximum Gasteiger partial charge on any atom is 0.216 e. The van der Waals surface area contributed by atoms with Crippen LogP contribution in [0.3, 0.4) is 0 Å². The van der Waals surface area contributed by atoms with Crippen molar-refractivity contribution in [1.82, 2.24) is 14.0 Å². The van der Waals surface area contributed by atoms with Crippen LogP contribution in [0.1, 0.15) is 24.3 Å². The summed E-state index contributed by atoms with van der Waals surface area (Å²) in [6.07, 6.45) is 0.925. The van der Waals surface area contributed by atoms with E-state index in [0.29, 0.717) is 5.69 Å². The molecule has 2 aromatic heterocycles. The Balaban J connectivity index is 1.93. The lowest BCUT2D eigenvalue weighted by Crippen LogP contribution is -3.11. The highest BCUT2D eigenvalue weighted by Crippen LogP contribution is 2.28. The Labute approximate surface area is 158 Å². The Morgan fingerprint density at radius 3 is 2.30 bits per heavy atom. The lowest BCUT2D eigenvalue weighted by Gasteiger charge is -2.15. The Kier molecular flexibility index (Phi) is 4.77. The number of imidazole rings is 2. The third-order valence-electron chi connectivity index (χ3n) is 5.40. The summed E-state index contributed by atoms with van der Waals surface area (Å²) < 4.78 is 4.25. The van der Waals surface area contributed by atoms with Gasteiger partial charge in [-0.1, -0.05) is 42.5 Å². The highest BCUT2D eigenvalue weighted by atomic mass is 16.1. The van der Waals surface area contributed by atoms with Crippen LogP contribution in [0.2, 0.25) is 0 Å². The van der Waals surface area contributed by atoms with Gasteiger partial charge in [0.25, 0.3) is 0 Å². The second-order valence-electron chi connectivity index (χ2n) is 6.81. The molecule has 0 spiro atoms. The molecule has 0 amide bonds. The van der Waals surface area contributed by atoms with Gasteiger partial charge >= 0.3 is 0 Å². The third kappa shape index (κ3) is 2.94. The van der Waals surface area contributed by atoms with Crippen molar-refractivity contribution in [1.29, 1.82) is 0 Å². The molecular formula is C22H25N4O+. The summed E-state index contributed by atoms with van der Waals surface area (Å²) in [5, 5.41) is 0. The van der Waals surface area contributed by atoms with Crippen molar-refractivity contribution in [2.75, 3.05) is 19.6 Å². The van der Waals surface area contributed by atoms with Gasteiger partial charge in [0.1, 0.15) is 11.4 Å². The number of nitrogens with one attached hydrogen (secondary N) is 1. The van der Waals surface area contributed by atoms with E-state index in [2.05, 4.69) is 30.5 Å². The van der Waals surface area contributed by atoms with Crippen molar-refractivity contribution in [3.63, 3.8) is 0 Å². The molecule has 0 bridgehead atoms. The third-order valence-corrected chi connectivity index (χ3v) is 5.40. The Morgan fingerprint density at radius 2 is 1.63 bits per heavy atom. The van der Waals surface area contributed by atoms with Gasteiger partial charge in [-0.2, -0.15) is 0 Å². The first kappa shape index (κ1) is 17.5. The van der Waals surface area contributed by atoms with Gasteiger partial charge < -0.3 is 9.47 Å². The molecular weight excluding hydrogens is 336 g/mol. The molecule has 0 radical (unpaired) electrons. The second kappa shape index (κ2) is 7.37. The second-order valence-corrected chi connectivity index (χ2v) is 6.81. The number of hydrogen-bond donors (Lipinski definition) is 1. The Morgan fingerprint density at radius 1 is 0.963 bits per heavy atom. The zero-order valence-electron chi connectivity index (χ0n) is 15.9. The molecule has 138 valence electrons. The standard InChI is InChI=1S/C22H24N4O/c1-3-24(4-2)14-15-25-18-12-8-9-13-19(18)26-20(16-27)21(23-22(25)26)17-10-6-5-7-11-17/h5-13,16H,3-4,14-15H2,1-2H3/p+1. The minimum absolute atomic E-state index is 0.612. The zero-order chi connectivity index (χ0) is 18.8. The van der Waals surface area contributed by atoms with Crippen LogP contribution in [0.25, 0.3) is 28.1 Å². The number of fused-ring (bicyclic) bond motifs is 3. The molecule has 0 saturated carbocycles. The first-order valence-electron chi connectivity index (χ1n) is 9.62. The van der Waals surface area contributed by atoms with Crippen LogP contribution in [0.15, 0.2) is 54.6 Å². The van der Waals surface area contributed by atoms with E-state index in [-0.39, 0.29) is 0 Å². The number of rotatable bonds is 7. The molecule has 27 heavy (non-hydrogen) atoms. The van der Waals surface area contributed by atoms with Crippen LogP contribution >= 0.6 is 0 Å². The van der Waals surface area contributed by atoms with Gasteiger partial charge in [0, 0.05) is 5.56 Å². The number of nitrogens with zero attached hydrogens (tertiary/aromatic N) is 3. The number of aldehydes is 1. The van der Waals surface area contributed by atoms with E-state index in [9.17, 15) is 4.79 Å². The molecule has 0 aliphatic heterocycles. The summed E-state index contributed by atoms with van der Waals surface area (Å²) in [6, 6.07) is 18.2. The van der Waals surface area contributed by atoms with Gasteiger partial charge in [0.2, 0.25) is 5.78 Å². The molecule has 5 nitrogen and oxygen atoms in total. The van der Waals surface area contributed by atoms with Crippen molar-refractivity contribution in [2.45, 2.75) is 20.4 Å². The lowest BCUT2D eigenvalue weighted by atomic mass is 10.1. The minimum atomic E-state index is 0.612. The summed E-state index contributed by atoms with van der Waals surface area (Å²) in [5.41, 5.74) is 4.47. The van der Waals surface area contributed by atoms with E-state index in [1.165, 1.54) is 0 Å². The number of quaternary nitrogens is 1. The minimum Gasteiger partial charge on any atom is -0.334 e. The number of aromatic nitrogens is 3. The number of carbonyl (C=O) groups excluding carboxylic acids is 1. The molecule has 0 fully saturated rings. The maximum atomic E-state index is 12.0. The number of para-hydroxylation sites is 2. The zero-order valence-corrected chi connectivity index (χ0v) is 15.9. The molecule has 0 aliphatic rings. The molecule has 2 heterocycles. The Hall–Kier alpha value is -2.92. The molecule has 4 aromatic rings. The van der Waals surface area contributed by atoms with Gasteiger partial charge in [0.15, 0.2) is 6.29 Å². The summed E-state index contributed by atoms with van der Waals surface area (Å²) in [4.78, 5) is 18.5. The summed E-state index contributed by atoms with van der Waals surface area (Å²) in [6.45, 7) is 8.55. The van der Waals surface area contributed by atoms with Crippen LogP contribution < -0.4 is 4.90 Å². The van der Waals surface area contributed by atoms with Crippen LogP contribution in [-0.4, -0.2) is 39.9 Å². The van der Waals surface area contributed by atoms with E-state index < -0.39 is 0 Å². The van der Waals surface area contributed by atoms with E-state index >= 15 is 0 Å². The molecule has 4 rings (SSSR count). The summed E-state index contributed by atoms with van der Waals surface area (Å²) >= 11 is 0. The smallest absolute Gasteiger partial charge is 0.216 e. The predicted octanol–water partition coefficient (Wildman–Crippen LogP) is 2.69. The van der Waals surface area contributed by atoms with Crippen molar-refractivity contribution in [3.8, 4) is 11.3 Å². The van der Waals surface area contributed by atoms with Crippen molar-refractivity contribution < 1.29 is 9.69 Å². The van der Waals surface area contributed by atoms with Gasteiger partial charge in [0.05, 0.1) is 37.2 Å². The summed E-state index contributed by atoms with van der Waals surface area (Å²) in [7, 11) is 0. The van der Waals surface area contributed by atoms with E-state index in [0.717, 1.165) is 60.5 Å². The van der Waals surface area contributed by atoms with Crippen molar-refractivity contribution in [2.24, 2.45) is 0 Å². The molecule has 1 N–H and O–H groups in total. The first-order valence-corrected chi connectivity index (χ1v) is 9.62. The fraction of sp³-hybridized carbons (Fsp3) is 0.273. The number of benzene rings is 2. The monoisotopic (exact) mass is 361 g/mol. The van der Waals surface area contributed by atoms with E-state index in [4.69, 9.17) is 4.98 Å². The van der Waals surface area contributed by atoms with Crippen LogP contribution in [0.4, 0.5) is 0 Å². The van der Waals surface area contributed by atoms with Gasteiger partial charge in [-0.25, -0.2) is 4.98 Å². The molecule has 5 heteroatoms. The van der Waals surface area contributed by atoms with E-state index in [1.807, 2.05) is 46.9 Å². The van der Waals surface area contributed by atoms with Gasteiger partial charge in [-0.15, -0.1) is 0 Å². The molecule has 0 aliphatic carbocycles. The maximum absolute atomic E-state index is 12.0. The number of likely N-dealkylation sites (N-methyl/N-ethyl adjacent to an activating group) is 1. The molecule has 0 atom stereocenters. The number of carbonyl (C=O) groups is 1. The lowest BCUT2D eigenvalue weighted by molar-refractivity contribution is -0.897. The van der Waals surface area contributed by atoms with E-state index in [1.54, 1.807) is 4.90 Å². The molecule has 0 saturated heterocycles. The molecule has 0 unspecified atom stereocenters.